The van der Waals surface area contributed by atoms with Crippen molar-refractivity contribution in [1.82, 2.24) is 0 Å². The zero-order chi connectivity index (χ0) is 12.0. The van der Waals surface area contributed by atoms with Crippen LogP contribution in [-0.2, 0) is 6.42 Å². The van der Waals surface area contributed by atoms with Crippen LogP contribution >= 0.6 is 0 Å². The first-order chi connectivity index (χ1) is 8.16. The Labute approximate surface area is 98.2 Å². The van der Waals surface area contributed by atoms with Gasteiger partial charge in [0.1, 0.15) is 5.82 Å². The lowest BCUT2D eigenvalue weighted by atomic mass is 9.92. The van der Waals surface area contributed by atoms with Crippen LogP contribution in [0.15, 0.2) is 18.2 Å². The molecule has 0 saturated carbocycles. The Bertz CT molecular complexity index is 478. The van der Waals surface area contributed by atoms with Crippen molar-refractivity contribution in [2.24, 2.45) is 0 Å². The van der Waals surface area contributed by atoms with E-state index in [0.717, 1.165) is 30.6 Å². The molecule has 0 amide bonds. The van der Waals surface area contributed by atoms with E-state index < -0.39 is 6.04 Å². The van der Waals surface area contributed by atoms with Crippen molar-refractivity contribution in [2.75, 3.05) is 11.4 Å². The molecule has 1 fully saturated rings. The van der Waals surface area contributed by atoms with Gasteiger partial charge in [-0.2, -0.15) is 0 Å². The second-order valence-electron chi connectivity index (χ2n) is 4.73. The summed E-state index contributed by atoms with van der Waals surface area (Å²) in [5.41, 5.74) is 1.75. The Hall–Kier alpha value is -1.65. The van der Waals surface area contributed by atoms with Gasteiger partial charge in [-0.15, -0.1) is 0 Å². The fourth-order valence-electron chi connectivity index (χ4n) is 3.07. The summed E-state index contributed by atoms with van der Waals surface area (Å²) in [4.78, 5) is 12.9. The van der Waals surface area contributed by atoms with E-state index in [0.29, 0.717) is 6.42 Å². The summed E-state index contributed by atoms with van der Waals surface area (Å²) >= 11 is 0. The summed E-state index contributed by atoms with van der Waals surface area (Å²) in [6.07, 6.45) is 2.19. The normalized spacial score (nSPS) is 26.5. The topological polar surface area (TPSA) is 46.4 Å². The molecule has 1 aromatic rings. The Kier molecular flexibility index (Phi) is 2.28. The lowest BCUT2D eigenvalue weighted by Gasteiger charge is -2.35. The summed E-state index contributed by atoms with van der Waals surface area (Å²) in [6.45, 7) is 0.841. The first-order valence-corrected chi connectivity index (χ1v) is 5.85. The molecule has 0 aliphatic carbocycles. The average Bonchev–Trinajstić information content (AvgIpc) is 2.76. The molecule has 0 N–H and O–H groups in total. The molecule has 90 valence electrons. The van der Waals surface area contributed by atoms with E-state index in [4.69, 9.17) is 0 Å². The Morgan fingerprint density at radius 3 is 3.06 bits per heavy atom. The van der Waals surface area contributed by atoms with Gasteiger partial charge >= 0.3 is 0 Å². The van der Waals surface area contributed by atoms with Crippen LogP contribution in [0, 0.1) is 15.9 Å². The molecule has 17 heavy (non-hydrogen) atoms. The third-order valence-electron chi connectivity index (χ3n) is 3.79. The second kappa shape index (κ2) is 3.68. The minimum atomic E-state index is -0.591. The molecule has 0 bridgehead atoms. The van der Waals surface area contributed by atoms with Gasteiger partial charge in [0, 0.05) is 23.6 Å². The average molecular weight is 236 g/mol. The number of nitrogens with zero attached hydrogens (tertiary/aromatic N) is 2. The van der Waals surface area contributed by atoms with Gasteiger partial charge in [-0.3, -0.25) is 10.1 Å². The quantitative estimate of drug-likeness (QED) is 0.553. The van der Waals surface area contributed by atoms with Gasteiger partial charge < -0.3 is 4.90 Å². The van der Waals surface area contributed by atoms with Crippen LogP contribution in [0.4, 0.5) is 10.1 Å². The highest BCUT2D eigenvalue weighted by atomic mass is 19.1. The molecule has 2 aliphatic heterocycles. The van der Waals surface area contributed by atoms with Crippen LogP contribution in [0.2, 0.25) is 0 Å². The molecule has 4 nitrogen and oxygen atoms in total. The standard InChI is InChI=1S/C12H13FN2O2/c13-9-3-4-10-8(6-9)7-12(15(16)17)11-2-1-5-14(10)11/h3-4,6,11-12H,1-2,5,7H2. The van der Waals surface area contributed by atoms with Crippen molar-refractivity contribution in [3.8, 4) is 0 Å². The SMILES string of the molecule is O=[N+]([O-])C1Cc2cc(F)ccc2N2CCCC12. The number of fused-ring (bicyclic) bond motifs is 3. The van der Waals surface area contributed by atoms with Gasteiger partial charge in [0.05, 0.1) is 6.04 Å². The lowest BCUT2D eigenvalue weighted by Crippen LogP contribution is -2.48. The number of halogens is 1. The smallest absolute Gasteiger partial charge is 0.237 e. The number of hydrogen-bond donors (Lipinski definition) is 0. The van der Waals surface area contributed by atoms with E-state index in [1.165, 1.54) is 12.1 Å². The fourth-order valence-corrected chi connectivity index (χ4v) is 3.07. The predicted octanol–water partition coefficient (Wildman–Crippen LogP) is 2.00. The van der Waals surface area contributed by atoms with E-state index in [9.17, 15) is 14.5 Å². The summed E-state index contributed by atoms with van der Waals surface area (Å²) in [5.74, 6) is -0.316. The van der Waals surface area contributed by atoms with Gasteiger partial charge in [-0.05, 0) is 36.6 Å². The number of nitro groups is 1. The molecule has 2 atom stereocenters. The van der Waals surface area contributed by atoms with Crippen LogP contribution in [0.5, 0.6) is 0 Å². The molecule has 5 heteroatoms. The summed E-state index contributed by atoms with van der Waals surface area (Å²) < 4.78 is 13.2. The maximum Gasteiger partial charge on any atom is 0.237 e. The first kappa shape index (κ1) is 10.5. The van der Waals surface area contributed by atoms with Crippen molar-refractivity contribution in [1.29, 1.82) is 0 Å². The number of rotatable bonds is 1. The van der Waals surface area contributed by atoms with E-state index >= 15 is 0 Å². The summed E-state index contributed by atoms with van der Waals surface area (Å²) in [7, 11) is 0. The van der Waals surface area contributed by atoms with Crippen molar-refractivity contribution < 1.29 is 9.31 Å². The highest BCUT2D eigenvalue weighted by molar-refractivity contribution is 5.58. The van der Waals surface area contributed by atoms with E-state index in [-0.39, 0.29) is 16.8 Å². The zero-order valence-electron chi connectivity index (χ0n) is 9.30. The minimum Gasteiger partial charge on any atom is -0.361 e. The van der Waals surface area contributed by atoms with Gasteiger partial charge in [0.15, 0.2) is 0 Å². The molecular formula is C12H13FN2O2. The van der Waals surface area contributed by atoms with Crippen molar-refractivity contribution in [2.45, 2.75) is 31.3 Å². The predicted molar refractivity (Wildman–Crippen MR) is 61.3 cm³/mol. The van der Waals surface area contributed by atoms with Crippen LogP contribution in [0.25, 0.3) is 0 Å². The first-order valence-electron chi connectivity index (χ1n) is 5.85. The number of hydrogen-bond acceptors (Lipinski definition) is 3. The molecule has 0 radical (unpaired) electrons. The molecule has 1 aromatic carbocycles. The Balaban J connectivity index is 2.06. The van der Waals surface area contributed by atoms with Crippen LogP contribution in [0.3, 0.4) is 0 Å². The van der Waals surface area contributed by atoms with E-state index in [2.05, 4.69) is 4.90 Å². The monoisotopic (exact) mass is 236 g/mol. The third kappa shape index (κ3) is 1.57. The molecule has 2 aliphatic rings. The molecule has 0 spiro atoms. The largest absolute Gasteiger partial charge is 0.361 e. The molecule has 0 aromatic heterocycles. The maximum absolute atomic E-state index is 13.2. The molecule has 1 saturated heterocycles. The number of anilines is 1. The molecular weight excluding hydrogens is 223 g/mol. The van der Waals surface area contributed by atoms with Crippen molar-refractivity contribution in [3.63, 3.8) is 0 Å². The lowest BCUT2D eigenvalue weighted by molar-refractivity contribution is -0.525. The second-order valence-corrected chi connectivity index (χ2v) is 4.73. The van der Waals surface area contributed by atoms with Gasteiger partial charge in [0.2, 0.25) is 6.04 Å². The molecule has 2 heterocycles. The van der Waals surface area contributed by atoms with Gasteiger partial charge in [0.25, 0.3) is 0 Å². The zero-order valence-corrected chi connectivity index (χ0v) is 9.30. The van der Waals surface area contributed by atoms with Gasteiger partial charge in [-0.25, -0.2) is 4.39 Å². The minimum absolute atomic E-state index is 0.0111. The van der Waals surface area contributed by atoms with E-state index in [1.807, 2.05) is 0 Å². The summed E-state index contributed by atoms with van der Waals surface area (Å²) in [5, 5.41) is 11.1. The Morgan fingerprint density at radius 2 is 2.29 bits per heavy atom. The number of benzene rings is 1. The van der Waals surface area contributed by atoms with Crippen LogP contribution < -0.4 is 4.90 Å². The third-order valence-corrected chi connectivity index (χ3v) is 3.79. The highest BCUT2D eigenvalue weighted by Gasteiger charge is 2.43. The van der Waals surface area contributed by atoms with E-state index in [1.54, 1.807) is 6.07 Å². The molecule has 3 rings (SSSR count). The van der Waals surface area contributed by atoms with Gasteiger partial charge in [-0.1, -0.05) is 0 Å². The highest BCUT2D eigenvalue weighted by Crippen LogP contribution is 2.37. The Morgan fingerprint density at radius 1 is 1.47 bits per heavy atom. The van der Waals surface area contributed by atoms with Crippen molar-refractivity contribution >= 4 is 5.69 Å². The fraction of sp³-hybridized carbons (Fsp3) is 0.500. The van der Waals surface area contributed by atoms with Crippen LogP contribution in [-0.4, -0.2) is 23.6 Å². The van der Waals surface area contributed by atoms with Crippen molar-refractivity contribution in [3.05, 3.63) is 39.7 Å². The summed E-state index contributed by atoms with van der Waals surface area (Å²) in [6, 6.07) is 4.01. The maximum atomic E-state index is 13.2. The van der Waals surface area contributed by atoms with Crippen LogP contribution in [0.1, 0.15) is 18.4 Å². The molecule has 2 unspecified atom stereocenters.